The van der Waals surface area contributed by atoms with Crippen molar-refractivity contribution in [2.75, 3.05) is 5.32 Å². The maximum Gasteiger partial charge on any atom is 0.383 e. The number of halogens is 4. The smallest absolute Gasteiger partial charge is 0.319 e. The number of imidazole rings is 1. The van der Waals surface area contributed by atoms with E-state index in [0.29, 0.717) is 5.82 Å². The Morgan fingerprint density at radius 3 is 2.60 bits per heavy atom. The van der Waals surface area contributed by atoms with Crippen LogP contribution in [0.15, 0.2) is 37.1 Å². The van der Waals surface area contributed by atoms with E-state index in [-0.39, 0.29) is 5.69 Å². The Balaban J connectivity index is 2.10. The third-order valence-corrected chi connectivity index (χ3v) is 2.35. The minimum Gasteiger partial charge on any atom is -0.319 e. The molecule has 0 aromatic carbocycles. The van der Waals surface area contributed by atoms with Crippen LogP contribution < -0.4 is 5.32 Å². The van der Waals surface area contributed by atoms with Crippen LogP contribution in [-0.2, 0) is 4.79 Å². The number of pyridine rings is 1. The van der Waals surface area contributed by atoms with Crippen molar-refractivity contribution in [1.82, 2.24) is 14.5 Å². The lowest BCUT2D eigenvalue weighted by molar-refractivity contribution is -0.163. The molecular formula is C11H8F4N4O. The van der Waals surface area contributed by atoms with E-state index < -0.39 is 18.3 Å². The Kier molecular flexibility index (Phi) is 3.68. The molecule has 2 rings (SSSR count). The lowest BCUT2D eigenvalue weighted by Gasteiger charge is -2.14. The average molecular weight is 288 g/mol. The van der Waals surface area contributed by atoms with Crippen molar-refractivity contribution in [2.45, 2.75) is 12.3 Å². The molecule has 0 radical (unpaired) electrons. The number of hydrogen-bond donors (Lipinski definition) is 1. The first kappa shape index (κ1) is 14.0. The van der Waals surface area contributed by atoms with Crippen LogP contribution in [0.5, 0.6) is 0 Å². The van der Waals surface area contributed by atoms with Crippen molar-refractivity contribution in [3.63, 3.8) is 0 Å². The van der Waals surface area contributed by atoms with Crippen LogP contribution in [0.25, 0.3) is 5.82 Å². The predicted molar refractivity (Wildman–Crippen MR) is 60.9 cm³/mol. The Labute approximate surface area is 110 Å². The highest BCUT2D eigenvalue weighted by Gasteiger charge is 2.48. The summed E-state index contributed by atoms with van der Waals surface area (Å²) in [5.74, 6) is -6.39. The van der Waals surface area contributed by atoms with Crippen LogP contribution in [0.2, 0.25) is 0 Å². The van der Waals surface area contributed by atoms with Gasteiger partial charge in [0.25, 0.3) is 0 Å². The van der Waals surface area contributed by atoms with E-state index in [1.54, 1.807) is 16.1 Å². The van der Waals surface area contributed by atoms with E-state index in [0.717, 1.165) is 6.20 Å². The minimum absolute atomic E-state index is 0.112. The number of amides is 1. The second-order valence-electron chi connectivity index (χ2n) is 3.75. The number of aromatic nitrogens is 3. The number of hydrogen-bond acceptors (Lipinski definition) is 3. The number of rotatable bonds is 4. The molecule has 0 aliphatic rings. The van der Waals surface area contributed by atoms with Gasteiger partial charge in [-0.3, -0.25) is 9.36 Å². The molecule has 2 aromatic heterocycles. The predicted octanol–water partition coefficient (Wildman–Crippen LogP) is 2.11. The summed E-state index contributed by atoms with van der Waals surface area (Å²) in [5, 5.41) is 1.68. The quantitative estimate of drug-likeness (QED) is 0.876. The van der Waals surface area contributed by atoms with Crippen LogP contribution in [0.1, 0.15) is 0 Å². The highest BCUT2D eigenvalue weighted by atomic mass is 19.3. The zero-order valence-corrected chi connectivity index (χ0v) is 9.80. The number of nitrogens with zero attached hydrogens (tertiary/aromatic N) is 3. The van der Waals surface area contributed by atoms with Gasteiger partial charge in [0.05, 0.1) is 11.9 Å². The van der Waals surface area contributed by atoms with E-state index >= 15 is 0 Å². The van der Waals surface area contributed by atoms with E-state index in [1.807, 2.05) is 0 Å². The summed E-state index contributed by atoms with van der Waals surface area (Å²) in [7, 11) is 0. The minimum atomic E-state index is -4.75. The molecule has 106 valence electrons. The third kappa shape index (κ3) is 2.76. The Morgan fingerprint density at radius 1 is 1.35 bits per heavy atom. The summed E-state index contributed by atoms with van der Waals surface area (Å²) >= 11 is 0. The van der Waals surface area contributed by atoms with E-state index in [2.05, 4.69) is 9.97 Å². The van der Waals surface area contributed by atoms with Gasteiger partial charge in [-0.15, -0.1) is 0 Å². The molecule has 2 aromatic rings. The first-order valence-electron chi connectivity index (χ1n) is 5.33. The summed E-state index contributed by atoms with van der Waals surface area (Å²) in [6.07, 6.45) is 1.59. The Morgan fingerprint density at radius 2 is 2.10 bits per heavy atom. The largest absolute Gasteiger partial charge is 0.383 e. The standard InChI is InChI=1S/C11H8F4N4O/c12-9(13)11(14,15)10(20)18-7-1-2-8(17-5-7)19-4-3-16-6-19/h1-6,9H,(H,18,20). The Bertz CT molecular complexity index is 583. The van der Waals surface area contributed by atoms with Gasteiger partial charge in [-0.25, -0.2) is 18.7 Å². The monoisotopic (exact) mass is 288 g/mol. The molecule has 0 saturated heterocycles. The molecule has 20 heavy (non-hydrogen) atoms. The SMILES string of the molecule is O=C(Nc1ccc(-n2ccnc2)nc1)C(F)(F)C(F)F. The third-order valence-electron chi connectivity index (χ3n) is 2.35. The van der Waals surface area contributed by atoms with Crippen molar-refractivity contribution in [3.8, 4) is 5.82 Å². The molecule has 0 unspecified atom stereocenters. The molecule has 0 aliphatic heterocycles. The molecule has 1 N–H and O–H groups in total. The molecule has 0 bridgehead atoms. The molecule has 0 aliphatic carbocycles. The molecular weight excluding hydrogens is 280 g/mol. The summed E-state index contributed by atoms with van der Waals surface area (Å²) in [4.78, 5) is 18.7. The van der Waals surface area contributed by atoms with E-state index in [4.69, 9.17) is 0 Å². The van der Waals surface area contributed by atoms with Gasteiger partial charge in [0.1, 0.15) is 12.1 Å². The number of carbonyl (C=O) groups excluding carboxylic acids is 1. The fourth-order valence-electron chi connectivity index (χ4n) is 1.32. The first-order valence-corrected chi connectivity index (χ1v) is 5.33. The lowest BCUT2D eigenvalue weighted by Crippen LogP contribution is -2.41. The Hall–Kier alpha value is -2.45. The van der Waals surface area contributed by atoms with Gasteiger partial charge in [-0.1, -0.05) is 0 Å². The fourth-order valence-corrected chi connectivity index (χ4v) is 1.32. The van der Waals surface area contributed by atoms with Gasteiger partial charge in [0.2, 0.25) is 0 Å². The summed E-state index contributed by atoms with van der Waals surface area (Å²) in [6, 6.07) is 2.68. The van der Waals surface area contributed by atoms with Crippen molar-refractivity contribution >= 4 is 11.6 Å². The zero-order valence-electron chi connectivity index (χ0n) is 9.80. The van der Waals surface area contributed by atoms with Gasteiger partial charge >= 0.3 is 18.3 Å². The highest BCUT2D eigenvalue weighted by Crippen LogP contribution is 2.24. The number of carbonyl (C=O) groups is 1. The molecule has 0 atom stereocenters. The van der Waals surface area contributed by atoms with Gasteiger partial charge in [0, 0.05) is 12.4 Å². The van der Waals surface area contributed by atoms with Crippen molar-refractivity contribution in [2.24, 2.45) is 0 Å². The fraction of sp³-hybridized carbons (Fsp3) is 0.182. The van der Waals surface area contributed by atoms with Crippen LogP contribution in [0.3, 0.4) is 0 Å². The van der Waals surface area contributed by atoms with Gasteiger partial charge < -0.3 is 5.32 Å². The first-order chi connectivity index (χ1) is 9.41. The van der Waals surface area contributed by atoms with Crippen LogP contribution >= 0.6 is 0 Å². The number of nitrogens with one attached hydrogen (secondary N) is 1. The summed E-state index contributed by atoms with van der Waals surface area (Å²) in [5.41, 5.74) is -0.112. The van der Waals surface area contributed by atoms with Crippen molar-refractivity contribution < 1.29 is 22.4 Å². The molecule has 0 saturated carbocycles. The lowest BCUT2D eigenvalue weighted by atomic mass is 10.3. The summed E-state index contributed by atoms with van der Waals surface area (Å²) < 4.78 is 51.0. The molecule has 9 heteroatoms. The summed E-state index contributed by atoms with van der Waals surface area (Å²) in [6.45, 7) is 0. The van der Waals surface area contributed by atoms with Crippen LogP contribution in [0.4, 0.5) is 23.2 Å². The second-order valence-corrected chi connectivity index (χ2v) is 3.75. The number of anilines is 1. The van der Waals surface area contributed by atoms with Gasteiger partial charge in [0.15, 0.2) is 0 Å². The maximum atomic E-state index is 12.7. The van der Waals surface area contributed by atoms with Crippen molar-refractivity contribution in [3.05, 3.63) is 37.1 Å². The topological polar surface area (TPSA) is 59.8 Å². The molecule has 0 fully saturated rings. The zero-order chi connectivity index (χ0) is 14.8. The van der Waals surface area contributed by atoms with Crippen LogP contribution in [0, 0.1) is 0 Å². The van der Waals surface area contributed by atoms with Crippen molar-refractivity contribution in [1.29, 1.82) is 0 Å². The normalized spacial score (nSPS) is 11.7. The second kappa shape index (κ2) is 5.27. The van der Waals surface area contributed by atoms with Gasteiger partial charge in [-0.2, -0.15) is 8.78 Å². The molecule has 2 heterocycles. The maximum absolute atomic E-state index is 12.7. The van der Waals surface area contributed by atoms with E-state index in [9.17, 15) is 22.4 Å². The highest BCUT2D eigenvalue weighted by molar-refractivity contribution is 5.96. The van der Waals surface area contributed by atoms with Gasteiger partial charge in [-0.05, 0) is 12.1 Å². The number of alkyl halides is 4. The van der Waals surface area contributed by atoms with Crippen LogP contribution in [-0.4, -0.2) is 32.8 Å². The average Bonchev–Trinajstić information content (AvgIpc) is 2.93. The molecule has 0 spiro atoms. The molecule has 5 nitrogen and oxygen atoms in total. The van der Waals surface area contributed by atoms with E-state index in [1.165, 1.54) is 24.7 Å². The molecule has 1 amide bonds.